The Balaban J connectivity index is 1.81. The third-order valence-electron chi connectivity index (χ3n) is 2.91. The second kappa shape index (κ2) is 5.38. The van der Waals surface area contributed by atoms with Gasteiger partial charge in [0.2, 0.25) is 0 Å². The van der Waals surface area contributed by atoms with Crippen molar-refractivity contribution in [1.29, 1.82) is 0 Å². The lowest BCUT2D eigenvalue weighted by atomic mass is 10.1. The van der Waals surface area contributed by atoms with E-state index in [1.54, 1.807) is 11.3 Å². The smallest absolute Gasteiger partial charge is 0.140 e. The molecule has 96 valence electrons. The highest BCUT2D eigenvalue weighted by atomic mass is 32.1. The molecule has 0 spiro atoms. The average Bonchev–Trinajstić information content (AvgIpc) is 2.93. The minimum atomic E-state index is 0.477. The van der Waals surface area contributed by atoms with Crippen LogP contribution in [-0.2, 0) is 13.2 Å². The Morgan fingerprint density at radius 3 is 2.79 bits per heavy atom. The van der Waals surface area contributed by atoms with Crippen LogP contribution in [0.2, 0.25) is 0 Å². The van der Waals surface area contributed by atoms with E-state index in [9.17, 15) is 0 Å². The van der Waals surface area contributed by atoms with E-state index >= 15 is 0 Å². The van der Waals surface area contributed by atoms with Gasteiger partial charge in [0, 0.05) is 17.3 Å². The largest absolute Gasteiger partial charge is 0.486 e. The normalized spacial score (nSPS) is 10.8. The number of thiazole rings is 1. The highest BCUT2D eigenvalue weighted by Crippen LogP contribution is 2.26. The molecule has 0 unspecified atom stereocenters. The molecule has 3 aromatic rings. The summed E-state index contributed by atoms with van der Waals surface area (Å²) in [6, 6.07) is 14.3. The van der Waals surface area contributed by atoms with Crippen LogP contribution in [0.5, 0.6) is 5.75 Å². The van der Waals surface area contributed by atoms with Crippen LogP contribution in [-0.4, -0.2) is 4.98 Å². The first-order valence-electron chi connectivity index (χ1n) is 6.11. The van der Waals surface area contributed by atoms with E-state index in [2.05, 4.69) is 23.2 Å². The van der Waals surface area contributed by atoms with Crippen LogP contribution in [0.3, 0.4) is 0 Å². The van der Waals surface area contributed by atoms with Crippen molar-refractivity contribution < 1.29 is 4.74 Å². The van der Waals surface area contributed by atoms with Crippen molar-refractivity contribution in [3.63, 3.8) is 0 Å². The lowest BCUT2D eigenvalue weighted by Crippen LogP contribution is -1.99. The molecule has 3 rings (SSSR count). The Bertz CT molecular complexity index is 688. The maximum atomic E-state index is 5.87. The lowest BCUT2D eigenvalue weighted by molar-refractivity contribution is 0.309. The van der Waals surface area contributed by atoms with Crippen molar-refractivity contribution in [3.05, 3.63) is 58.5 Å². The Hall–Kier alpha value is -1.91. The van der Waals surface area contributed by atoms with E-state index < -0.39 is 0 Å². The van der Waals surface area contributed by atoms with Crippen molar-refractivity contribution >= 4 is 22.1 Å². The van der Waals surface area contributed by atoms with E-state index in [1.165, 1.54) is 5.39 Å². The summed E-state index contributed by atoms with van der Waals surface area (Å²) in [6.45, 7) is 0.962. The van der Waals surface area contributed by atoms with Crippen molar-refractivity contribution in [3.8, 4) is 5.75 Å². The van der Waals surface area contributed by atoms with E-state index in [0.717, 1.165) is 21.8 Å². The van der Waals surface area contributed by atoms with Gasteiger partial charge < -0.3 is 10.5 Å². The molecule has 0 bridgehead atoms. The molecular weight excluding hydrogens is 256 g/mol. The Kier molecular flexibility index (Phi) is 3.44. The van der Waals surface area contributed by atoms with Crippen LogP contribution in [0.15, 0.2) is 47.8 Å². The number of aromatic nitrogens is 1. The molecule has 0 saturated heterocycles. The summed E-state index contributed by atoms with van der Waals surface area (Å²) >= 11 is 1.58. The quantitative estimate of drug-likeness (QED) is 0.791. The van der Waals surface area contributed by atoms with Crippen molar-refractivity contribution in [2.75, 3.05) is 0 Å². The minimum absolute atomic E-state index is 0.477. The second-order valence-corrected chi connectivity index (χ2v) is 5.15. The first-order chi connectivity index (χ1) is 9.36. The maximum absolute atomic E-state index is 5.87. The molecule has 0 saturated carbocycles. The number of hydrogen-bond donors (Lipinski definition) is 1. The topological polar surface area (TPSA) is 48.1 Å². The summed E-state index contributed by atoms with van der Waals surface area (Å²) in [5.41, 5.74) is 6.47. The first kappa shape index (κ1) is 12.1. The van der Waals surface area contributed by atoms with Crippen LogP contribution in [0.4, 0.5) is 0 Å². The van der Waals surface area contributed by atoms with Crippen molar-refractivity contribution in [1.82, 2.24) is 4.98 Å². The molecule has 2 aromatic carbocycles. The lowest BCUT2D eigenvalue weighted by Gasteiger charge is -2.07. The van der Waals surface area contributed by atoms with Crippen LogP contribution >= 0.6 is 11.3 Å². The third-order valence-corrected chi connectivity index (χ3v) is 3.78. The number of fused-ring (bicyclic) bond motifs is 1. The Morgan fingerprint density at radius 1 is 1.11 bits per heavy atom. The minimum Gasteiger partial charge on any atom is -0.486 e. The van der Waals surface area contributed by atoms with Crippen LogP contribution < -0.4 is 10.5 Å². The van der Waals surface area contributed by atoms with Gasteiger partial charge in [-0.1, -0.05) is 36.4 Å². The average molecular weight is 270 g/mol. The molecule has 2 N–H and O–H groups in total. The predicted octanol–water partition coefficient (Wildman–Crippen LogP) is 3.33. The number of nitrogens with two attached hydrogens (primary N) is 1. The van der Waals surface area contributed by atoms with E-state index in [-0.39, 0.29) is 0 Å². The van der Waals surface area contributed by atoms with Gasteiger partial charge in [0.15, 0.2) is 0 Å². The first-order valence-corrected chi connectivity index (χ1v) is 6.98. The van der Waals surface area contributed by atoms with Crippen LogP contribution in [0.25, 0.3) is 10.8 Å². The highest BCUT2D eigenvalue weighted by molar-refractivity contribution is 7.09. The highest BCUT2D eigenvalue weighted by Gasteiger charge is 2.04. The number of rotatable bonds is 4. The molecule has 0 atom stereocenters. The SMILES string of the molecule is NCc1csc(COc2cccc3ccccc23)n1. The van der Waals surface area contributed by atoms with Gasteiger partial charge in [-0.05, 0) is 11.5 Å². The van der Waals surface area contributed by atoms with Crippen LogP contribution in [0, 0.1) is 0 Å². The molecule has 0 aliphatic carbocycles. The van der Waals surface area contributed by atoms with E-state index in [4.69, 9.17) is 10.5 Å². The zero-order chi connectivity index (χ0) is 13.1. The maximum Gasteiger partial charge on any atom is 0.140 e. The molecule has 0 aliphatic heterocycles. The zero-order valence-corrected chi connectivity index (χ0v) is 11.2. The molecule has 0 aliphatic rings. The van der Waals surface area contributed by atoms with Gasteiger partial charge in [-0.2, -0.15) is 0 Å². The molecule has 0 amide bonds. The summed E-state index contributed by atoms with van der Waals surface area (Å²) in [5.74, 6) is 0.891. The third kappa shape index (κ3) is 2.59. The molecule has 0 radical (unpaired) electrons. The van der Waals surface area contributed by atoms with E-state index in [1.807, 2.05) is 29.6 Å². The monoisotopic (exact) mass is 270 g/mol. The summed E-state index contributed by atoms with van der Waals surface area (Å²) in [4.78, 5) is 4.39. The number of benzene rings is 2. The summed E-state index contributed by atoms with van der Waals surface area (Å²) < 4.78 is 5.87. The predicted molar refractivity (Wildman–Crippen MR) is 78.3 cm³/mol. The Labute approximate surface area is 115 Å². The van der Waals surface area contributed by atoms with Crippen LogP contribution in [0.1, 0.15) is 10.7 Å². The molecule has 4 heteroatoms. The number of hydrogen-bond acceptors (Lipinski definition) is 4. The summed E-state index contributed by atoms with van der Waals surface area (Å²) in [6.07, 6.45) is 0. The van der Waals surface area contributed by atoms with Gasteiger partial charge in [-0.25, -0.2) is 4.98 Å². The summed E-state index contributed by atoms with van der Waals surface area (Å²) in [5, 5.41) is 5.23. The van der Waals surface area contributed by atoms with Gasteiger partial charge in [0.25, 0.3) is 0 Å². The van der Waals surface area contributed by atoms with Crippen molar-refractivity contribution in [2.45, 2.75) is 13.2 Å². The summed E-state index contributed by atoms with van der Waals surface area (Å²) in [7, 11) is 0. The molecule has 1 heterocycles. The Morgan fingerprint density at radius 2 is 1.95 bits per heavy atom. The molecular formula is C15H14N2OS. The van der Waals surface area contributed by atoms with Gasteiger partial charge >= 0.3 is 0 Å². The molecule has 3 nitrogen and oxygen atoms in total. The molecule has 0 fully saturated rings. The fourth-order valence-corrected chi connectivity index (χ4v) is 2.69. The second-order valence-electron chi connectivity index (χ2n) is 4.20. The van der Waals surface area contributed by atoms with Gasteiger partial charge in [-0.3, -0.25) is 0 Å². The van der Waals surface area contributed by atoms with Gasteiger partial charge in [0.05, 0.1) is 5.69 Å². The number of nitrogens with zero attached hydrogens (tertiary/aromatic N) is 1. The van der Waals surface area contributed by atoms with Gasteiger partial charge in [-0.15, -0.1) is 11.3 Å². The molecule has 19 heavy (non-hydrogen) atoms. The number of ether oxygens (including phenoxy) is 1. The fraction of sp³-hybridized carbons (Fsp3) is 0.133. The van der Waals surface area contributed by atoms with Gasteiger partial charge in [0.1, 0.15) is 17.4 Å². The zero-order valence-electron chi connectivity index (χ0n) is 10.4. The fourth-order valence-electron chi connectivity index (χ4n) is 1.97. The standard InChI is InChI=1S/C15H14N2OS/c16-8-12-10-19-15(17-12)9-18-14-7-3-5-11-4-1-2-6-13(11)14/h1-7,10H,8-9,16H2. The van der Waals surface area contributed by atoms with Crippen molar-refractivity contribution in [2.24, 2.45) is 5.73 Å². The van der Waals surface area contributed by atoms with E-state index in [0.29, 0.717) is 13.2 Å². The molecule has 1 aromatic heterocycles.